The van der Waals surface area contributed by atoms with Gasteiger partial charge in [-0.2, -0.15) is 0 Å². The number of alkyl halides is 1. The van der Waals surface area contributed by atoms with E-state index in [4.69, 9.17) is 4.74 Å². The molecule has 4 nitrogen and oxygen atoms in total. The minimum atomic E-state index is -0.460. The van der Waals surface area contributed by atoms with Gasteiger partial charge in [0.25, 0.3) is 0 Å². The minimum absolute atomic E-state index is 0.0508. The molecule has 5 heteroatoms. The molecule has 0 aliphatic carbocycles. The molecule has 17 heavy (non-hydrogen) atoms. The van der Waals surface area contributed by atoms with E-state index in [0.717, 1.165) is 5.69 Å². The summed E-state index contributed by atoms with van der Waals surface area (Å²) >= 11 is 3.09. The van der Waals surface area contributed by atoms with E-state index in [1.165, 1.54) is 12.0 Å². The van der Waals surface area contributed by atoms with Crippen molar-refractivity contribution in [3.05, 3.63) is 30.3 Å². The number of nitrogens with zero attached hydrogens (tertiary/aromatic N) is 1. The number of ether oxygens (including phenoxy) is 1. The molecule has 0 heterocycles. The van der Waals surface area contributed by atoms with Gasteiger partial charge in [-0.25, -0.2) is 4.79 Å². The lowest BCUT2D eigenvalue weighted by molar-refractivity contribution is -0.116. The van der Waals surface area contributed by atoms with Gasteiger partial charge in [-0.15, -0.1) is 0 Å². The lowest BCUT2D eigenvalue weighted by Gasteiger charge is -2.20. The Bertz CT molecular complexity index is 381. The molecular formula is C12H14BrNO3. The van der Waals surface area contributed by atoms with Crippen LogP contribution in [0.25, 0.3) is 0 Å². The Morgan fingerprint density at radius 1 is 1.29 bits per heavy atom. The second kappa shape index (κ2) is 7.06. The summed E-state index contributed by atoms with van der Waals surface area (Å²) in [6.45, 7) is 0.321. The predicted octanol–water partition coefficient (Wildman–Crippen LogP) is 2.61. The number of ketones is 1. The van der Waals surface area contributed by atoms with Crippen LogP contribution in [0.15, 0.2) is 30.3 Å². The second-order valence-electron chi connectivity index (χ2n) is 3.38. The van der Waals surface area contributed by atoms with Gasteiger partial charge < -0.3 is 4.74 Å². The molecule has 1 aromatic rings. The summed E-state index contributed by atoms with van der Waals surface area (Å²) in [5, 5.41) is 0.302. The number of para-hydroxylation sites is 1. The lowest BCUT2D eigenvalue weighted by Crippen LogP contribution is -2.32. The highest BCUT2D eigenvalue weighted by Gasteiger charge is 2.16. The van der Waals surface area contributed by atoms with E-state index >= 15 is 0 Å². The summed E-state index contributed by atoms with van der Waals surface area (Å²) in [4.78, 5) is 24.3. The molecule has 0 fully saturated rings. The van der Waals surface area contributed by atoms with Crippen molar-refractivity contribution in [3.63, 3.8) is 0 Å². The van der Waals surface area contributed by atoms with Crippen molar-refractivity contribution in [2.75, 3.05) is 23.9 Å². The number of amides is 1. The van der Waals surface area contributed by atoms with Crippen molar-refractivity contribution in [2.45, 2.75) is 6.42 Å². The highest BCUT2D eigenvalue weighted by molar-refractivity contribution is 9.09. The number of rotatable bonds is 5. The van der Waals surface area contributed by atoms with Gasteiger partial charge in [-0.1, -0.05) is 34.1 Å². The first kappa shape index (κ1) is 13.7. The molecule has 0 atom stereocenters. The molecule has 0 saturated carbocycles. The van der Waals surface area contributed by atoms with Crippen LogP contribution >= 0.6 is 15.9 Å². The smallest absolute Gasteiger partial charge is 0.414 e. The van der Waals surface area contributed by atoms with E-state index in [9.17, 15) is 9.59 Å². The number of carbonyl (C=O) groups is 2. The third-order valence-corrected chi connectivity index (χ3v) is 2.85. The van der Waals surface area contributed by atoms with E-state index in [-0.39, 0.29) is 5.78 Å². The first-order chi connectivity index (χ1) is 8.19. The number of anilines is 1. The Morgan fingerprint density at radius 2 is 1.94 bits per heavy atom. The molecule has 1 aromatic carbocycles. The largest absolute Gasteiger partial charge is 0.452 e. The van der Waals surface area contributed by atoms with E-state index < -0.39 is 6.09 Å². The van der Waals surface area contributed by atoms with Crippen molar-refractivity contribution < 1.29 is 14.3 Å². The van der Waals surface area contributed by atoms with Crippen molar-refractivity contribution >= 4 is 33.5 Å². The fraction of sp³-hybridized carbons (Fsp3) is 0.333. The third-order valence-electron chi connectivity index (χ3n) is 2.23. The molecule has 0 radical (unpaired) electrons. The third kappa shape index (κ3) is 4.19. The number of Topliss-reactive ketones (excluding diaryl/α,β-unsaturated/α-hetero) is 1. The summed E-state index contributed by atoms with van der Waals surface area (Å²) in [6, 6.07) is 9.13. The number of carbonyl (C=O) groups excluding carboxylic acids is 2. The summed E-state index contributed by atoms with van der Waals surface area (Å²) in [5.74, 6) is 0.0508. The monoisotopic (exact) mass is 299 g/mol. The average Bonchev–Trinajstić information content (AvgIpc) is 2.39. The quantitative estimate of drug-likeness (QED) is 0.785. The SMILES string of the molecule is COC(=O)N(CCC(=O)CBr)c1ccccc1. The topological polar surface area (TPSA) is 46.6 Å². The maximum atomic E-state index is 11.6. The maximum absolute atomic E-state index is 11.6. The molecule has 0 spiro atoms. The van der Waals surface area contributed by atoms with Crippen LogP contribution in [-0.2, 0) is 9.53 Å². The van der Waals surface area contributed by atoms with Gasteiger partial charge in [-0.3, -0.25) is 9.69 Å². The second-order valence-corrected chi connectivity index (χ2v) is 3.94. The molecule has 0 bridgehead atoms. The zero-order valence-corrected chi connectivity index (χ0v) is 11.1. The van der Waals surface area contributed by atoms with Crippen molar-refractivity contribution in [3.8, 4) is 0 Å². The number of halogens is 1. The fourth-order valence-corrected chi connectivity index (χ4v) is 1.63. The molecule has 0 aliphatic heterocycles. The highest BCUT2D eigenvalue weighted by atomic mass is 79.9. The van der Waals surface area contributed by atoms with Crippen LogP contribution in [-0.4, -0.2) is 30.9 Å². The number of methoxy groups -OCH3 is 1. The molecule has 0 unspecified atom stereocenters. The zero-order valence-electron chi connectivity index (χ0n) is 9.56. The van der Waals surface area contributed by atoms with Crippen LogP contribution in [0.5, 0.6) is 0 Å². The van der Waals surface area contributed by atoms with Crippen LogP contribution in [0.2, 0.25) is 0 Å². The van der Waals surface area contributed by atoms with Gasteiger partial charge in [0.2, 0.25) is 0 Å². The molecule has 92 valence electrons. The molecule has 1 rings (SSSR count). The Balaban J connectivity index is 2.75. The van der Waals surface area contributed by atoms with Crippen LogP contribution < -0.4 is 4.90 Å². The van der Waals surface area contributed by atoms with E-state index in [0.29, 0.717) is 18.3 Å². The van der Waals surface area contributed by atoms with Gasteiger partial charge in [0.1, 0.15) is 5.78 Å². The van der Waals surface area contributed by atoms with Crippen molar-refractivity contribution in [1.29, 1.82) is 0 Å². The Hall–Kier alpha value is -1.36. The van der Waals surface area contributed by atoms with Gasteiger partial charge in [0.05, 0.1) is 12.4 Å². The summed E-state index contributed by atoms with van der Waals surface area (Å²) in [7, 11) is 1.32. The maximum Gasteiger partial charge on any atom is 0.414 e. The van der Waals surface area contributed by atoms with Crippen LogP contribution in [0, 0.1) is 0 Å². The van der Waals surface area contributed by atoms with E-state index in [1.54, 1.807) is 12.1 Å². The summed E-state index contributed by atoms with van der Waals surface area (Å²) in [5.41, 5.74) is 0.724. The Labute approximate surface area is 109 Å². The minimum Gasteiger partial charge on any atom is -0.452 e. The molecule has 0 N–H and O–H groups in total. The number of benzene rings is 1. The summed E-state index contributed by atoms with van der Waals surface area (Å²) < 4.78 is 4.70. The van der Waals surface area contributed by atoms with E-state index in [1.807, 2.05) is 18.2 Å². The molecular weight excluding hydrogens is 286 g/mol. The Morgan fingerprint density at radius 3 is 2.47 bits per heavy atom. The van der Waals surface area contributed by atoms with Crippen LogP contribution in [0.4, 0.5) is 10.5 Å². The van der Waals surface area contributed by atoms with Crippen LogP contribution in [0.1, 0.15) is 6.42 Å². The van der Waals surface area contributed by atoms with Gasteiger partial charge in [-0.05, 0) is 12.1 Å². The number of hydrogen-bond donors (Lipinski definition) is 0. The van der Waals surface area contributed by atoms with Gasteiger partial charge in [0.15, 0.2) is 0 Å². The molecule has 1 amide bonds. The summed E-state index contributed by atoms with van der Waals surface area (Å²) in [6.07, 6.45) is -0.159. The molecule has 0 saturated heterocycles. The predicted molar refractivity (Wildman–Crippen MR) is 69.6 cm³/mol. The van der Waals surface area contributed by atoms with Crippen molar-refractivity contribution in [1.82, 2.24) is 0 Å². The van der Waals surface area contributed by atoms with Gasteiger partial charge in [0, 0.05) is 18.7 Å². The normalized spacial score (nSPS) is 9.76. The van der Waals surface area contributed by atoms with Crippen LogP contribution in [0.3, 0.4) is 0 Å². The molecule has 0 aliphatic rings. The highest BCUT2D eigenvalue weighted by Crippen LogP contribution is 2.14. The number of hydrogen-bond acceptors (Lipinski definition) is 3. The zero-order chi connectivity index (χ0) is 12.7. The van der Waals surface area contributed by atoms with E-state index in [2.05, 4.69) is 15.9 Å². The first-order valence-corrected chi connectivity index (χ1v) is 6.29. The van der Waals surface area contributed by atoms with Crippen molar-refractivity contribution in [2.24, 2.45) is 0 Å². The lowest BCUT2D eigenvalue weighted by atomic mass is 10.2. The standard InChI is InChI=1S/C12H14BrNO3/c1-17-12(16)14(8-7-11(15)9-13)10-5-3-2-4-6-10/h2-6H,7-9H2,1H3. The fourth-order valence-electron chi connectivity index (χ4n) is 1.35. The Kier molecular flexibility index (Phi) is 5.69. The van der Waals surface area contributed by atoms with Gasteiger partial charge >= 0.3 is 6.09 Å². The first-order valence-electron chi connectivity index (χ1n) is 5.17. The molecule has 0 aromatic heterocycles. The average molecular weight is 300 g/mol.